The first kappa shape index (κ1) is 14.0. The summed E-state index contributed by atoms with van der Waals surface area (Å²) in [4.78, 5) is 23.9. The molecule has 110 valence electrons. The third kappa shape index (κ3) is 2.91. The fraction of sp³-hybridized carbons (Fsp3) is 0.308. The third-order valence-corrected chi connectivity index (χ3v) is 3.65. The Bertz CT molecular complexity index is 711. The van der Waals surface area contributed by atoms with Gasteiger partial charge in [-0.15, -0.1) is 0 Å². The van der Waals surface area contributed by atoms with Crippen LogP contribution in [0.4, 0.5) is 0 Å². The summed E-state index contributed by atoms with van der Waals surface area (Å²) in [6, 6.07) is 5.53. The lowest BCUT2D eigenvalue weighted by atomic mass is 10.1. The number of nitrogens with zero attached hydrogens (tertiary/aromatic N) is 2. The highest BCUT2D eigenvalue weighted by molar-refractivity contribution is 9.10. The monoisotopic (exact) mass is 353 g/mol. The molecule has 0 aliphatic carbocycles. The van der Waals surface area contributed by atoms with Crippen molar-refractivity contribution in [2.45, 2.75) is 12.1 Å². The number of hydrogen-bond donors (Lipinski definition) is 1. The number of ether oxygens (including phenoxy) is 1. The molecule has 0 bridgehead atoms. The molecule has 2 aromatic heterocycles. The van der Waals surface area contributed by atoms with Crippen LogP contribution in [0.3, 0.4) is 0 Å². The van der Waals surface area contributed by atoms with E-state index in [2.05, 4.69) is 26.3 Å². The molecule has 2 aromatic rings. The summed E-state index contributed by atoms with van der Waals surface area (Å²) in [6.07, 6.45) is 1.53. The SMILES string of the molecule is O=C(NC1COCC1n1ncccc1=O)c1ccc(Br)o1. The molecule has 2 atom stereocenters. The van der Waals surface area contributed by atoms with E-state index >= 15 is 0 Å². The zero-order chi connectivity index (χ0) is 14.8. The molecule has 8 heteroatoms. The second kappa shape index (κ2) is 5.82. The van der Waals surface area contributed by atoms with Crippen LogP contribution in [-0.4, -0.2) is 34.9 Å². The van der Waals surface area contributed by atoms with Crippen LogP contribution in [0, 0.1) is 0 Å². The molecule has 2 unspecified atom stereocenters. The maximum absolute atomic E-state index is 12.1. The van der Waals surface area contributed by atoms with Crippen molar-refractivity contribution in [1.82, 2.24) is 15.1 Å². The molecule has 21 heavy (non-hydrogen) atoms. The van der Waals surface area contributed by atoms with Crippen molar-refractivity contribution >= 4 is 21.8 Å². The van der Waals surface area contributed by atoms with Gasteiger partial charge in [-0.3, -0.25) is 9.59 Å². The van der Waals surface area contributed by atoms with Crippen LogP contribution in [-0.2, 0) is 4.74 Å². The topological polar surface area (TPSA) is 86.4 Å². The average Bonchev–Trinajstić information content (AvgIpc) is 3.08. The van der Waals surface area contributed by atoms with Crippen LogP contribution in [0.5, 0.6) is 0 Å². The Labute approximate surface area is 128 Å². The number of rotatable bonds is 3. The van der Waals surface area contributed by atoms with E-state index in [0.717, 1.165) is 0 Å². The average molecular weight is 354 g/mol. The molecule has 0 aromatic carbocycles. The Balaban J connectivity index is 1.77. The van der Waals surface area contributed by atoms with Gasteiger partial charge >= 0.3 is 0 Å². The fourth-order valence-electron chi connectivity index (χ4n) is 2.22. The van der Waals surface area contributed by atoms with Crippen LogP contribution in [0.2, 0.25) is 0 Å². The highest BCUT2D eigenvalue weighted by atomic mass is 79.9. The van der Waals surface area contributed by atoms with Gasteiger partial charge < -0.3 is 14.5 Å². The minimum atomic E-state index is -0.356. The van der Waals surface area contributed by atoms with Crippen molar-refractivity contribution in [3.8, 4) is 0 Å². The zero-order valence-electron chi connectivity index (χ0n) is 10.9. The van der Waals surface area contributed by atoms with Gasteiger partial charge in [0.25, 0.3) is 11.5 Å². The lowest BCUT2D eigenvalue weighted by molar-refractivity contribution is 0.0895. The second-order valence-corrected chi connectivity index (χ2v) is 5.38. The number of amides is 1. The van der Waals surface area contributed by atoms with Gasteiger partial charge in [0.2, 0.25) is 0 Å². The summed E-state index contributed by atoms with van der Waals surface area (Å²) in [6.45, 7) is 0.644. The maximum atomic E-state index is 12.1. The first-order valence-corrected chi connectivity index (χ1v) is 7.12. The molecule has 3 rings (SSSR count). The van der Waals surface area contributed by atoms with Gasteiger partial charge in [0, 0.05) is 12.3 Å². The van der Waals surface area contributed by atoms with Gasteiger partial charge in [-0.2, -0.15) is 5.10 Å². The van der Waals surface area contributed by atoms with E-state index in [4.69, 9.17) is 9.15 Å². The quantitative estimate of drug-likeness (QED) is 0.888. The second-order valence-electron chi connectivity index (χ2n) is 4.59. The van der Waals surface area contributed by atoms with Gasteiger partial charge in [-0.05, 0) is 34.1 Å². The largest absolute Gasteiger partial charge is 0.444 e. The fourth-order valence-corrected chi connectivity index (χ4v) is 2.52. The molecule has 1 saturated heterocycles. The maximum Gasteiger partial charge on any atom is 0.287 e. The molecule has 1 fully saturated rings. The number of hydrogen-bond acceptors (Lipinski definition) is 5. The van der Waals surface area contributed by atoms with Crippen molar-refractivity contribution < 1.29 is 13.9 Å². The molecule has 0 saturated carbocycles. The Morgan fingerprint density at radius 3 is 2.95 bits per heavy atom. The summed E-state index contributed by atoms with van der Waals surface area (Å²) in [5.74, 6) is -0.161. The predicted octanol–water partition coefficient (Wildman–Crippen LogP) is 0.969. The standard InChI is InChI=1S/C13H12BrN3O4/c14-11-4-3-10(21-11)13(19)16-8-6-20-7-9(8)17-12(18)2-1-5-15-17/h1-5,8-9H,6-7H2,(H,16,19). The molecular formula is C13H12BrN3O4. The zero-order valence-corrected chi connectivity index (χ0v) is 12.4. The minimum absolute atomic E-state index is 0.195. The Kier molecular flexibility index (Phi) is 3.89. The van der Waals surface area contributed by atoms with E-state index in [1.165, 1.54) is 16.9 Å². The normalized spacial score (nSPS) is 21.4. The van der Waals surface area contributed by atoms with Crippen LogP contribution in [0.25, 0.3) is 0 Å². The molecule has 1 amide bonds. The lowest BCUT2D eigenvalue weighted by Gasteiger charge is -2.19. The third-order valence-electron chi connectivity index (χ3n) is 3.22. The summed E-state index contributed by atoms with van der Waals surface area (Å²) < 4.78 is 12.4. The summed E-state index contributed by atoms with van der Waals surface area (Å²) in [5.41, 5.74) is -0.229. The van der Waals surface area contributed by atoms with E-state index < -0.39 is 0 Å². The number of halogens is 1. The molecular weight excluding hydrogens is 342 g/mol. The Hall–Kier alpha value is -1.93. The van der Waals surface area contributed by atoms with E-state index in [0.29, 0.717) is 17.9 Å². The van der Waals surface area contributed by atoms with Crippen LogP contribution in [0.1, 0.15) is 16.6 Å². The molecule has 1 aliphatic rings. The van der Waals surface area contributed by atoms with Crippen molar-refractivity contribution in [3.05, 3.63) is 51.2 Å². The number of aromatic nitrogens is 2. The molecule has 1 aliphatic heterocycles. The van der Waals surface area contributed by atoms with E-state index in [1.807, 2.05) is 0 Å². The van der Waals surface area contributed by atoms with Crippen molar-refractivity contribution in [2.75, 3.05) is 13.2 Å². The van der Waals surface area contributed by atoms with Crippen LogP contribution in [0.15, 0.2) is 44.3 Å². The lowest BCUT2D eigenvalue weighted by Crippen LogP contribution is -2.43. The molecule has 3 heterocycles. The number of carbonyl (C=O) groups excluding carboxylic acids is 1. The first-order valence-electron chi connectivity index (χ1n) is 6.33. The number of nitrogens with one attached hydrogen (secondary N) is 1. The van der Waals surface area contributed by atoms with Gasteiger partial charge in [-0.1, -0.05) is 0 Å². The Morgan fingerprint density at radius 1 is 1.38 bits per heavy atom. The molecule has 7 nitrogen and oxygen atoms in total. The highest BCUT2D eigenvalue weighted by Crippen LogP contribution is 2.19. The smallest absolute Gasteiger partial charge is 0.287 e. The summed E-state index contributed by atoms with van der Waals surface area (Å²) in [7, 11) is 0. The Morgan fingerprint density at radius 2 is 2.24 bits per heavy atom. The summed E-state index contributed by atoms with van der Waals surface area (Å²) in [5, 5.41) is 6.84. The van der Waals surface area contributed by atoms with E-state index in [1.54, 1.807) is 18.2 Å². The van der Waals surface area contributed by atoms with E-state index in [-0.39, 0.29) is 29.3 Å². The molecule has 0 spiro atoms. The van der Waals surface area contributed by atoms with Gasteiger partial charge in [0.1, 0.15) is 6.04 Å². The number of furan rings is 1. The minimum Gasteiger partial charge on any atom is -0.444 e. The highest BCUT2D eigenvalue weighted by Gasteiger charge is 2.33. The van der Waals surface area contributed by atoms with Crippen LogP contribution < -0.4 is 10.9 Å². The first-order chi connectivity index (χ1) is 10.1. The van der Waals surface area contributed by atoms with Crippen LogP contribution >= 0.6 is 15.9 Å². The number of carbonyl (C=O) groups is 1. The molecule has 1 N–H and O–H groups in total. The summed E-state index contributed by atoms with van der Waals surface area (Å²) >= 11 is 3.14. The van der Waals surface area contributed by atoms with Gasteiger partial charge in [-0.25, -0.2) is 4.68 Å². The van der Waals surface area contributed by atoms with Crippen molar-refractivity contribution in [2.24, 2.45) is 0 Å². The van der Waals surface area contributed by atoms with Crippen molar-refractivity contribution in [1.29, 1.82) is 0 Å². The predicted molar refractivity (Wildman–Crippen MR) is 76.0 cm³/mol. The van der Waals surface area contributed by atoms with E-state index in [9.17, 15) is 9.59 Å². The van der Waals surface area contributed by atoms with Crippen molar-refractivity contribution in [3.63, 3.8) is 0 Å². The van der Waals surface area contributed by atoms with Gasteiger partial charge in [0.05, 0.1) is 19.3 Å². The van der Waals surface area contributed by atoms with Gasteiger partial charge in [0.15, 0.2) is 10.4 Å². The molecule has 0 radical (unpaired) electrons.